The average molecular weight is 1090 g/mol. The molecule has 4 atom stereocenters. The van der Waals surface area contributed by atoms with Crippen molar-refractivity contribution in [3.63, 3.8) is 0 Å². The third-order valence-electron chi connectivity index (χ3n) is 11.9. The van der Waals surface area contributed by atoms with Crippen LogP contribution < -0.4 is 70.0 Å². The van der Waals surface area contributed by atoms with Crippen molar-refractivity contribution in [2.24, 2.45) is 28.7 Å². The number of likely N-dealkylation sites (N-methyl/N-ethyl adjacent to an activating group) is 1. The Kier molecular flexibility index (Phi) is 19.1. The van der Waals surface area contributed by atoms with Crippen LogP contribution in [0.2, 0.25) is 0 Å². The van der Waals surface area contributed by atoms with Crippen LogP contribution in [-0.2, 0) is 0 Å². The number of halogens is 1. The number of rotatable bonds is 17. The van der Waals surface area contributed by atoms with Crippen LogP contribution in [-0.4, -0.2) is 126 Å². The lowest BCUT2D eigenvalue weighted by Crippen LogP contribution is -2.43. The molecule has 26 nitrogen and oxygen atoms in total. The van der Waals surface area contributed by atoms with E-state index in [4.69, 9.17) is 38.1 Å². The number of aryl methyl sites for hydroxylation is 1. The standard InChI is InChI=1S/C17H21N7O3.C16H20BrN7O.C15H21N7O/c18-9-4-1-2-5-10(9)21-17-22-16(13(15(19)25)23-24-17)20-11-6-3-7-12-14(11)27-8-26-12;17-9-5-1-3-7-11(9)20-15-13(14(19)25)23-24-16(22-15)21-12-8-4-2-6-10(12)18;1-10-5-4-6-11(9-10)18-14-12(13(16)23)20-21-15(19-14)17-7-8-22(2)3/h3,6-7,9-10H,1-2,4-5,8,18H2,(H2,19,25)(H2,20,21,22,24);1,3,5,7,10,12H,2,4,6,8,18H2,(H2,19,25)(H2,20,21,22,24);4-6,9H,7-8H2,1-3H3,(H2,16,23)(H2,17,18,19,21). The van der Waals surface area contributed by atoms with E-state index in [1.807, 2.05) is 74.4 Å². The van der Waals surface area contributed by atoms with E-state index in [0.29, 0.717) is 35.6 Å². The van der Waals surface area contributed by atoms with Gasteiger partial charge in [-0.2, -0.15) is 15.0 Å². The summed E-state index contributed by atoms with van der Waals surface area (Å²) in [7, 11) is 3.95. The molecule has 0 saturated heterocycles. The number of nitrogens with two attached hydrogens (primary N) is 5. The van der Waals surface area contributed by atoms with Crippen molar-refractivity contribution in [1.29, 1.82) is 0 Å². The summed E-state index contributed by atoms with van der Waals surface area (Å²) in [4.78, 5) is 50.0. The number of hydrogen-bond acceptors (Lipinski definition) is 23. The molecule has 2 saturated carbocycles. The normalized spacial score (nSPS) is 17.5. The molecular formula is C48H62BrN21O5. The average Bonchev–Trinajstić information content (AvgIpc) is 3.87. The molecule has 16 N–H and O–H groups in total. The van der Waals surface area contributed by atoms with Gasteiger partial charge in [-0.05, 0) is 105 Å². The summed E-state index contributed by atoms with van der Waals surface area (Å²) in [5.41, 5.74) is 31.6. The maximum Gasteiger partial charge on any atom is 0.273 e. The zero-order valence-electron chi connectivity index (χ0n) is 41.7. The second-order valence-corrected chi connectivity index (χ2v) is 18.8. The number of carbonyl (C=O) groups is 3. The molecule has 4 heterocycles. The molecule has 4 unspecified atom stereocenters. The number of hydrogen-bond donors (Lipinski definition) is 11. The monoisotopic (exact) mass is 1090 g/mol. The van der Waals surface area contributed by atoms with Crippen LogP contribution in [0.25, 0.3) is 0 Å². The van der Waals surface area contributed by atoms with Crippen LogP contribution >= 0.6 is 15.9 Å². The molecule has 6 aromatic rings. The molecule has 396 valence electrons. The molecule has 0 bridgehead atoms. The Bertz CT molecular complexity index is 2940. The maximum absolute atomic E-state index is 11.7. The highest BCUT2D eigenvalue weighted by atomic mass is 79.9. The zero-order chi connectivity index (χ0) is 53.4. The molecule has 1 aliphatic heterocycles. The van der Waals surface area contributed by atoms with Gasteiger partial charge < -0.3 is 74.9 Å². The van der Waals surface area contributed by atoms with Gasteiger partial charge in [0.25, 0.3) is 17.7 Å². The molecule has 2 fully saturated rings. The van der Waals surface area contributed by atoms with Gasteiger partial charge in [0.1, 0.15) is 0 Å². The van der Waals surface area contributed by atoms with Gasteiger partial charge in [-0.1, -0.05) is 56.0 Å². The Hall–Kier alpha value is -8.14. The first kappa shape index (κ1) is 54.6. The van der Waals surface area contributed by atoms with E-state index in [0.717, 1.165) is 79.3 Å². The van der Waals surface area contributed by atoms with Crippen LogP contribution in [0, 0.1) is 6.92 Å². The summed E-state index contributed by atoms with van der Waals surface area (Å²) in [6.45, 7) is 3.59. The fourth-order valence-corrected chi connectivity index (χ4v) is 8.42. The molecule has 3 amide bonds. The molecule has 3 aromatic heterocycles. The molecule has 9 rings (SSSR count). The first-order valence-electron chi connectivity index (χ1n) is 24.2. The fraction of sp³-hybridized carbons (Fsp3) is 0.375. The Balaban J connectivity index is 0.000000165. The number of primary amides is 3. The van der Waals surface area contributed by atoms with Crippen molar-refractivity contribution in [3.05, 3.63) is 93.8 Å². The van der Waals surface area contributed by atoms with Crippen LogP contribution in [0.15, 0.2) is 71.2 Å². The van der Waals surface area contributed by atoms with E-state index in [1.165, 1.54) is 0 Å². The quantitative estimate of drug-likeness (QED) is 0.0607. The lowest BCUT2D eigenvalue weighted by molar-refractivity contribution is 0.0986. The van der Waals surface area contributed by atoms with E-state index in [2.05, 4.69) is 93.4 Å². The summed E-state index contributed by atoms with van der Waals surface area (Å²) in [6, 6.07) is 20.8. The van der Waals surface area contributed by atoms with E-state index < -0.39 is 17.7 Å². The molecule has 3 aliphatic rings. The summed E-state index contributed by atoms with van der Waals surface area (Å²) in [5.74, 6) is 0.701. The number of carbonyl (C=O) groups excluding carboxylic acids is 3. The van der Waals surface area contributed by atoms with Gasteiger partial charge >= 0.3 is 0 Å². The van der Waals surface area contributed by atoms with Gasteiger partial charge in [-0.3, -0.25) is 14.4 Å². The minimum atomic E-state index is -0.733. The number of fused-ring (bicyclic) bond motifs is 1. The largest absolute Gasteiger partial charge is 0.454 e. The smallest absolute Gasteiger partial charge is 0.273 e. The maximum atomic E-state index is 11.7. The zero-order valence-corrected chi connectivity index (χ0v) is 43.3. The highest BCUT2D eigenvalue weighted by Crippen LogP contribution is 2.40. The highest BCUT2D eigenvalue weighted by Gasteiger charge is 2.26. The third kappa shape index (κ3) is 15.4. The summed E-state index contributed by atoms with van der Waals surface area (Å²) in [5, 5.41) is 42.3. The second-order valence-electron chi connectivity index (χ2n) is 18.0. The molecule has 2 aliphatic carbocycles. The molecular weight excluding hydrogens is 1030 g/mol. The van der Waals surface area contributed by atoms with E-state index in [-0.39, 0.29) is 71.4 Å². The highest BCUT2D eigenvalue weighted by molar-refractivity contribution is 9.10. The van der Waals surface area contributed by atoms with Crippen molar-refractivity contribution in [2.45, 2.75) is 82.5 Å². The van der Waals surface area contributed by atoms with E-state index >= 15 is 0 Å². The number of nitrogens with one attached hydrogen (secondary N) is 6. The topological polar surface area (TPSA) is 391 Å². The minimum absolute atomic E-state index is 0.00432. The summed E-state index contributed by atoms with van der Waals surface area (Å²) < 4.78 is 11.7. The molecule has 0 spiro atoms. The predicted octanol–water partition coefficient (Wildman–Crippen LogP) is 4.28. The predicted molar refractivity (Wildman–Crippen MR) is 288 cm³/mol. The first-order valence-corrected chi connectivity index (χ1v) is 25.0. The van der Waals surface area contributed by atoms with Crippen LogP contribution in [0.1, 0.15) is 88.4 Å². The van der Waals surface area contributed by atoms with Crippen LogP contribution in [0.3, 0.4) is 0 Å². The minimum Gasteiger partial charge on any atom is -0.454 e. The molecule has 27 heteroatoms. The Morgan fingerprint density at radius 3 is 1.68 bits per heavy atom. The number of aromatic nitrogens is 9. The molecule has 75 heavy (non-hydrogen) atoms. The van der Waals surface area contributed by atoms with E-state index in [1.54, 1.807) is 18.2 Å². The van der Waals surface area contributed by atoms with Gasteiger partial charge in [-0.25, -0.2) is 0 Å². The number of ether oxygens (including phenoxy) is 2. The Morgan fingerprint density at radius 1 is 0.627 bits per heavy atom. The Morgan fingerprint density at radius 2 is 1.13 bits per heavy atom. The van der Waals surface area contributed by atoms with Crippen LogP contribution in [0.5, 0.6) is 11.5 Å². The number of nitrogens with zero attached hydrogens (tertiary/aromatic N) is 10. The summed E-state index contributed by atoms with van der Waals surface area (Å²) >= 11 is 3.45. The van der Waals surface area contributed by atoms with Crippen molar-refractivity contribution in [1.82, 2.24) is 50.4 Å². The number of amides is 3. The van der Waals surface area contributed by atoms with Gasteiger partial charge in [0.2, 0.25) is 24.6 Å². The van der Waals surface area contributed by atoms with Gasteiger partial charge in [0.05, 0.1) is 11.4 Å². The number of para-hydroxylation sites is 2. The summed E-state index contributed by atoms with van der Waals surface area (Å²) in [6.07, 6.45) is 8.25. The number of benzene rings is 3. The van der Waals surface area contributed by atoms with Gasteiger partial charge in [0, 0.05) is 47.4 Å². The van der Waals surface area contributed by atoms with Crippen molar-refractivity contribution in [3.8, 4) is 11.5 Å². The lowest BCUT2D eigenvalue weighted by Gasteiger charge is -2.29. The SMILES string of the molecule is Cc1cccc(Nc2nc(NCCN(C)C)nnc2C(N)=O)c1.NC(=O)c1nnc(NC2CCCCC2N)nc1Nc1cccc2c1OCO2.NC(=O)c1nnc(NC2CCCCC2N)nc1Nc1ccccc1Br. The van der Waals surface area contributed by atoms with Crippen molar-refractivity contribution >= 4 is 86.0 Å². The number of anilines is 9. The second kappa shape index (κ2) is 26.2. The van der Waals surface area contributed by atoms with Crippen molar-refractivity contribution < 1.29 is 23.9 Å². The fourth-order valence-electron chi connectivity index (χ4n) is 8.04. The van der Waals surface area contributed by atoms with Gasteiger partial charge in [0.15, 0.2) is 46.0 Å². The first-order chi connectivity index (χ1) is 36.1. The Labute approximate surface area is 441 Å². The van der Waals surface area contributed by atoms with Crippen molar-refractivity contribution in [2.75, 3.05) is 65.9 Å². The van der Waals surface area contributed by atoms with Crippen LogP contribution in [0.4, 0.5) is 52.4 Å². The van der Waals surface area contributed by atoms with E-state index in [9.17, 15) is 14.4 Å². The van der Waals surface area contributed by atoms with Gasteiger partial charge in [-0.15, -0.1) is 30.6 Å². The third-order valence-corrected chi connectivity index (χ3v) is 12.6. The molecule has 0 radical (unpaired) electrons. The molecule has 3 aromatic carbocycles. The lowest BCUT2D eigenvalue weighted by atomic mass is 9.91.